The fourth-order valence-corrected chi connectivity index (χ4v) is 9.74. The minimum absolute atomic E-state index is 1.16. The van der Waals surface area contributed by atoms with Crippen LogP contribution in [0.3, 0.4) is 0 Å². The zero-order chi connectivity index (χ0) is 33.2. The second kappa shape index (κ2) is 10.1. The average molecular weight is 665 g/mol. The van der Waals surface area contributed by atoms with Gasteiger partial charge in [-0.15, -0.1) is 11.3 Å². The van der Waals surface area contributed by atoms with Crippen molar-refractivity contribution in [1.82, 2.24) is 9.13 Å². The van der Waals surface area contributed by atoms with Gasteiger partial charge in [-0.2, -0.15) is 0 Å². The molecule has 12 rings (SSSR count). The topological polar surface area (TPSA) is 9.86 Å². The number of nitrogens with zero attached hydrogens (tertiary/aromatic N) is 2. The number of rotatable bonds is 4. The van der Waals surface area contributed by atoms with E-state index in [2.05, 4.69) is 179 Å². The van der Waals surface area contributed by atoms with Gasteiger partial charge in [0.1, 0.15) is 0 Å². The fourth-order valence-electron chi connectivity index (χ4n) is 8.65. The molecule has 0 radical (unpaired) electrons. The molecule has 3 heteroatoms. The van der Waals surface area contributed by atoms with Gasteiger partial charge in [0.25, 0.3) is 0 Å². The molecular formula is C48H28N2S. The van der Waals surface area contributed by atoms with E-state index < -0.39 is 0 Å². The Kier molecular flexibility index (Phi) is 5.41. The van der Waals surface area contributed by atoms with Crippen molar-refractivity contribution >= 4 is 75.1 Å². The van der Waals surface area contributed by atoms with Crippen LogP contribution >= 0.6 is 11.3 Å². The Labute approximate surface area is 297 Å². The molecule has 3 aromatic heterocycles. The van der Waals surface area contributed by atoms with Crippen LogP contribution < -0.4 is 0 Å². The molecule has 236 valence electrons. The second-order valence-corrected chi connectivity index (χ2v) is 14.8. The maximum Gasteiger partial charge on any atom is 0.0620 e. The van der Waals surface area contributed by atoms with Crippen LogP contribution in [0.15, 0.2) is 170 Å². The first-order valence-electron chi connectivity index (χ1n) is 17.5. The zero-order valence-corrected chi connectivity index (χ0v) is 28.3. The molecule has 0 bridgehead atoms. The molecule has 2 nitrogen and oxygen atoms in total. The van der Waals surface area contributed by atoms with Crippen molar-refractivity contribution in [1.29, 1.82) is 0 Å². The lowest BCUT2D eigenvalue weighted by molar-refractivity contribution is 1.18. The maximum absolute atomic E-state index is 2.56. The van der Waals surface area contributed by atoms with Crippen LogP contribution in [0.2, 0.25) is 0 Å². The third kappa shape index (κ3) is 3.81. The third-order valence-electron chi connectivity index (χ3n) is 10.9. The molecule has 0 unspecified atom stereocenters. The molecule has 0 saturated carbocycles. The summed E-state index contributed by atoms with van der Waals surface area (Å²) >= 11 is 1.87. The van der Waals surface area contributed by atoms with Crippen molar-refractivity contribution in [3.63, 3.8) is 0 Å². The van der Waals surface area contributed by atoms with Crippen molar-refractivity contribution in [2.24, 2.45) is 0 Å². The van der Waals surface area contributed by atoms with E-state index in [-0.39, 0.29) is 0 Å². The summed E-state index contributed by atoms with van der Waals surface area (Å²) in [5.74, 6) is 0. The highest BCUT2D eigenvalue weighted by atomic mass is 32.1. The van der Waals surface area contributed by atoms with Gasteiger partial charge in [-0.05, 0) is 89.0 Å². The fraction of sp³-hybridized carbons (Fsp3) is 0. The van der Waals surface area contributed by atoms with Gasteiger partial charge in [0.2, 0.25) is 0 Å². The first kappa shape index (κ1) is 27.4. The van der Waals surface area contributed by atoms with Crippen LogP contribution in [-0.4, -0.2) is 9.13 Å². The highest BCUT2D eigenvalue weighted by Gasteiger charge is 2.28. The van der Waals surface area contributed by atoms with Gasteiger partial charge < -0.3 is 9.13 Å². The molecule has 0 aliphatic heterocycles. The average Bonchev–Trinajstić information content (AvgIpc) is 3.44. The van der Waals surface area contributed by atoms with Crippen LogP contribution in [0, 0.1) is 0 Å². The molecular weight excluding hydrogens is 637 g/mol. The lowest BCUT2D eigenvalue weighted by atomic mass is 9.91. The molecule has 0 N–H and O–H groups in total. The number of aromatic nitrogens is 2. The third-order valence-corrected chi connectivity index (χ3v) is 12.1. The van der Waals surface area contributed by atoms with E-state index in [4.69, 9.17) is 0 Å². The summed E-state index contributed by atoms with van der Waals surface area (Å²) < 4.78 is 7.64. The minimum atomic E-state index is 1.16. The zero-order valence-electron chi connectivity index (χ0n) is 27.5. The summed E-state index contributed by atoms with van der Waals surface area (Å²) in [6.45, 7) is 0. The summed E-state index contributed by atoms with van der Waals surface area (Å²) in [4.78, 5) is 0. The Balaban J connectivity index is 1.23. The normalized spacial score (nSPS) is 12.3. The Morgan fingerprint density at radius 1 is 0.314 bits per heavy atom. The summed E-state index contributed by atoms with van der Waals surface area (Å²) in [5, 5.41) is 7.78. The first-order chi connectivity index (χ1) is 25.3. The second-order valence-electron chi connectivity index (χ2n) is 13.7. The molecule has 0 saturated heterocycles. The Hall–Kier alpha value is -6.42. The van der Waals surface area contributed by atoms with Gasteiger partial charge in [0, 0.05) is 64.2 Å². The van der Waals surface area contributed by atoms with Crippen LogP contribution in [0.4, 0.5) is 0 Å². The van der Waals surface area contributed by atoms with Gasteiger partial charge in [0.05, 0.1) is 22.1 Å². The molecule has 0 spiro atoms. The molecule has 2 aliphatic rings. The van der Waals surface area contributed by atoms with Crippen LogP contribution in [0.1, 0.15) is 0 Å². The van der Waals surface area contributed by atoms with E-state index >= 15 is 0 Å². The van der Waals surface area contributed by atoms with Crippen molar-refractivity contribution < 1.29 is 0 Å². The van der Waals surface area contributed by atoms with E-state index in [1.165, 1.54) is 103 Å². The lowest BCUT2D eigenvalue weighted by Gasteiger charge is -2.17. The molecule has 7 aromatic carbocycles. The largest absolute Gasteiger partial charge is 0.309 e. The predicted molar refractivity (Wildman–Crippen MR) is 218 cm³/mol. The van der Waals surface area contributed by atoms with Gasteiger partial charge >= 0.3 is 0 Å². The molecule has 10 aromatic rings. The Bertz CT molecular complexity index is 3230. The number of hydrogen-bond donors (Lipinski definition) is 0. The van der Waals surface area contributed by atoms with Crippen molar-refractivity contribution in [3.8, 4) is 44.8 Å². The summed E-state index contributed by atoms with van der Waals surface area (Å²) in [5.41, 5.74) is 15.0. The molecule has 0 amide bonds. The molecule has 0 fully saturated rings. The predicted octanol–water partition coefficient (Wildman–Crippen LogP) is 13.6. The minimum Gasteiger partial charge on any atom is -0.309 e. The molecule has 0 atom stereocenters. The molecule has 3 heterocycles. The number of para-hydroxylation sites is 3. The maximum atomic E-state index is 2.56. The van der Waals surface area contributed by atoms with Crippen LogP contribution in [0.5, 0.6) is 0 Å². The first-order valence-corrected chi connectivity index (χ1v) is 18.3. The number of thiophene rings is 1. The summed E-state index contributed by atoms with van der Waals surface area (Å²) in [7, 11) is 0. The Morgan fingerprint density at radius 3 is 1.92 bits per heavy atom. The smallest absolute Gasteiger partial charge is 0.0620 e. The van der Waals surface area contributed by atoms with E-state index in [1.54, 1.807) is 0 Å². The monoisotopic (exact) mass is 664 g/mol. The van der Waals surface area contributed by atoms with E-state index in [1.807, 2.05) is 11.3 Å². The van der Waals surface area contributed by atoms with Crippen LogP contribution in [0.25, 0.3) is 109 Å². The van der Waals surface area contributed by atoms with Crippen LogP contribution in [-0.2, 0) is 0 Å². The summed E-state index contributed by atoms with van der Waals surface area (Å²) in [6.07, 6.45) is 0. The van der Waals surface area contributed by atoms with Gasteiger partial charge in [-0.3, -0.25) is 0 Å². The summed E-state index contributed by atoms with van der Waals surface area (Å²) in [6, 6.07) is 62.9. The standard InChI is InChI=1S/C48H28N2S/c1-3-12-29(13-4-1)37-27-40-33-16-7-9-20-43(33)49(31-14-5-2-6-15-31)44(40)28-39(37)35-18-11-19-36-42-25-30-24-38(30)48(42)50(47(35)36)32-22-23-46-41(26-32)34-17-8-10-21-45(34)51-46/h1-28H. The highest BCUT2D eigenvalue weighted by Crippen LogP contribution is 2.51. The van der Waals surface area contributed by atoms with Crippen molar-refractivity contribution in [2.75, 3.05) is 0 Å². The SMILES string of the molecule is c1ccc(-c2cc3c4ccccc4n(-c4ccccc4)c3cc2-c2cccc3c4cc5cc-5c4n(-c4ccc5sc6ccccc6c5c4)c23)cc1. The van der Waals surface area contributed by atoms with Gasteiger partial charge in [-0.25, -0.2) is 0 Å². The lowest BCUT2D eigenvalue weighted by Crippen LogP contribution is -1.97. The quantitative estimate of drug-likeness (QED) is 0.177. The molecule has 51 heavy (non-hydrogen) atoms. The van der Waals surface area contributed by atoms with E-state index in [9.17, 15) is 0 Å². The number of benzene rings is 8. The van der Waals surface area contributed by atoms with Gasteiger partial charge in [0.15, 0.2) is 0 Å². The highest BCUT2D eigenvalue weighted by molar-refractivity contribution is 7.25. The van der Waals surface area contributed by atoms with E-state index in [0.29, 0.717) is 0 Å². The Morgan fingerprint density at radius 2 is 1.04 bits per heavy atom. The number of fused-ring (bicyclic) bond motifs is 11. The van der Waals surface area contributed by atoms with Crippen molar-refractivity contribution in [2.45, 2.75) is 0 Å². The van der Waals surface area contributed by atoms with Crippen molar-refractivity contribution in [3.05, 3.63) is 170 Å². The van der Waals surface area contributed by atoms with Gasteiger partial charge in [-0.1, -0.05) is 103 Å². The number of hydrogen-bond acceptors (Lipinski definition) is 1. The molecule has 2 aliphatic carbocycles. The van der Waals surface area contributed by atoms with E-state index in [0.717, 1.165) is 5.69 Å².